The number of hydrogen-bond donors (Lipinski definition) is 1. The van der Waals surface area contributed by atoms with Crippen LogP contribution in [0.5, 0.6) is 0 Å². The fourth-order valence-corrected chi connectivity index (χ4v) is 3.67. The number of esters is 1. The number of rotatable bonds is 6. The molecule has 1 unspecified atom stereocenters. The predicted molar refractivity (Wildman–Crippen MR) is 110 cm³/mol. The number of nitrogens with zero attached hydrogens (tertiary/aromatic N) is 3. The molecule has 0 bridgehead atoms. The van der Waals surface area contributed by atoms with Crippen LogP contribution in [-0.4, -0.2) is 64.9 Å². The van der Waals surface area contributed by atoms with Crippen LogP contribution in [0.2, 0.25) is 0 Å². The van der Waals surface area contributed by atoms with E-state index in [1.54, 1.807) is 22.1 Å². The number of ether oxygens (including phenoxy) is 1. The van der Waals surface area contributed by atoms with E-state index in [0.29, 0.717) is 37.9 Å². The van der Waals surface area contributed by atoms with Gasteiger partial charge < -0.3 is 19.9 Å². The summed E-state index contributed by atoms with van der Waals surface area (Å²) >= 11 is 1.31. The molecule has 1 aromatic heterocycles. The second-order valence-corrected chi connectivity index (χ2v) is 7.61. The van der Waals surface area contributed by atoms with Crippen LogP contribution < -0.4 is 5.32 Å². The summed E-state index contributed by atoms with van der Waals surface area (Å²) < 4.78 is 5.31. The van der Waals surface area contributed by atoms with E-state index in [-0.39, 0.29) is 17.5 Å². The molecule has 9 heteroatoms. The maximum absolute atomic E-state index is 12.5. The summed E-state index contributed by atoms with van der Waals surface area (Å²) in [5, 5.41) is 5.39. The summed E-state index contributed by atoms with van der Waals surface area (Å²) in [6.45, 7) is 5.52. The van der Waals surface area contributed by atoms with Gasteiger partial charge >= 0.3 is 5.97 Å². The number of anilines is 1. The molecular formula is C20H24N4O4S. The fraction of sp³-hybridized carbons (Fsp3) is 0.400. The van der Waals surface area contributed by atoms with Crippen molar-refractivity contribution in [1.29, 1.82) is 0 Å². The number of nitrogens with one attached hydrogen (secondary N) is 1. The van der Waals surface area contributed by atoms with Gasteiger partial charge in [0.15, 0.2) is 16.9 Å². The van der Waals surface area contributed by atoms with E-state index in [9.17, 15) is 14.4 Å². The standard InChI is InChI=1S/C20H24N4O4S/c1-14(18(26)24-10-8-23(9-11-24)15(2)25)28-19(27)17-13-29-20(22-17)21-12-16-6-4-3-5-7-16/h3-7,13-14H,8-12H2,1-2H3,(H,21,22). The van der Waals surface area contributed by atoms with Gasteiger partial charge in [-0.05, 0) is 12.5 Å². The van der Waals surface area contributed by atoms with Crippen molar-refractivity contribution in [3.05, 3.63) is 47.0 Å². The van der Waals surface area contributed by atoms with Crippen molar-refractivity contribution >= 4 is 34.3 Å². The van der Waals surface area contributed by atoms with Gasteiger partial charge in [-0.25, -0.2) is 9.78 Å². The number of thiazole rings is 1. The number of aromatic nitrogens is 1. The molecule has 1 saturated heterocycles. The van der Waals surface area contributed by atoms with Crippen LogP contribution in [0, 0.1) is 0 Å². The average Bonchev–Trinajstić information content (AvgIpc) is 3.22. The number of amides is 2. The SMILES string of the molecule is CC(=O)N1CCN(C(=O)C(C)OC(=O)c2csc(NCc3ccccc3)n2)CC1. The Hall–Kier alpha value is -2.94. The average molecular weight is 417 g/mol. The van der Waals surface area contributed by atoms with Gasteiger partial charge in [-0.15, -0.1) is 11.3 Å². The zero-order chi connectivity index (χ0) is 20.8. The van der Waals surface area contributed by atoms with Crippen LogP contribution >= 0.6 is 11.3 Å². The molecule has 1 aliphatic heterocycles. The van der Waals surface area contributed by atoms with Crippen molar-refractivity contribution in [2.24, 2.45) is 0 Å². The summed E-state index contributed by atoms with van der Waals surface area (Å²) in [6, 6.07) is 9.87. The molecule has 2 amide bonds. The first-order valence-corrected chi connectivity index (χ1v) is 10.3. The van der Waals surface area contributed by atoms with E-state index in [2.05, 4.69) is 10.3 Å². The lowest BCUT2D eigenvalue weighted by atomic mass is 10.2. The van der Waals surface area contributed by atoms with E-state index in [0.717, 1.165) is 5.56 Å². The molecule has 0 radical (unpaired) electrons. The fourth-order valence-electron chi connectivity index (χ4n) is 2.99. The molecule has 1 aromatic carbocycles. The Bertz CT molecular complexity index is 862. The van der Waals surface area contributed by atoms with Crippen molar-refractivity contribution in [3.8, 4) is 0 Å². The molecule has 1 aliphatic rings. The van der Waals surface area contributed by atoms with Gasteiger partial charge in [0.25, 0.3) is 5.91 Å². The lowest BCUT2D eigenvalue weighted by Crippen LogP contribution is -2.52. The molecule has 154 valence electrons. The zero-order valence-electron chi connectivity index (χ0n) is 16.5. The minimum Gasteiger partial charge on any atom is -0.448 e. The number of carbonyl (C=O) groups is 3. The van der Waals surface area contributed by atoms with Crippen LogP contribution in [0.25, 0.3) is 0 Å². The lowest BCUT2D eigenvalue weighted by Gasteiger charge is -2.35. The zero-order valence-corrected chi connectivity index (χ0v) is 17.3. The van der Waals surface area contributed by atoms with Gasteiger partial charge in [0.05, 0.1) is 0 Å². The molecule has 0 aliphatic carbocycles. The van der Waals surface area contributed by atoms with E-state index >= 15 is 0 Å². The highest BCUT2D eigenvalue weighted by molar-refractivity contribution is 7.13. The maximum atomic E-state index is 12.5. The van der Waals surface area contributed by atoms with Crippen LogP contribution in [0.4, 0.5) is 5.13 Å². The molecule has 1 fully saturated rings. The third-order valence-corrected chi connectivity index (χ3v) is 5.47. The first-order valence-electron chi connectivity index (χ1n) is 9.42. The van der Waals surface area contributed by atoms with Gasteiger partial charge in [0, 0.05) is 45.0 Å². The van der Waals surface area contributed by atoms with Gasteiger partial charge in [0.2, 0.25) is 5.91 Å². The van der Waals surface area contributed by atoms with Crippen molar-refractivity contribution in [2.45, 2.75) is 26.5 Å². The largest absolute Gasteiger partial charge is 0.448 e. The summed E-state index contributed by atoms with van der Waals surface area (Å²) in [4.78, 5) is 43.8. The summed E-state index contributed by atoms with van der Waals surface area (Å²) in [5.74, 6) is -0.895. The normalized spacial score (nSPS) is 15.0. The molecule has 29 heavy (non-hydrogen) atoms. The van der Waals surface area contributed by atoms with E-state index < -0.39 is 12.1 Å². The number of carbonyl (C=O) groups excluding carboxylic acids is 3. The molecule has 2 aromatic rings. The Morgan fingerprint density at radius 3 is 2.45 bits per heavy atom. The second kappa shape index (κ2) is 9.51. The van der Waals surface area contributed by atoms with Crippen LogP contribution in [0.3, 0.4) is 0 Å². The Balaban J connectivity index is 1.49. The minimum absolute atomic E-state index is 0.00298. The molecule has 0 saturated carbocycles. The van der Waals surface area contributed by atoms with E-state index in [4.69, 9.17) is 4.74 Å². The molecule has 3 rings (SSSR count). The molecular weight excluding hydrogens is 392 g/mol. The summed E-state index contributed by atoms with van der Waals surface area (Å²) in [7, 11) is 0. The lowest BCUT2D eigenvalue weighted by molar-refractivity contribution is -0.144. The third-order valence-electron chi connectivity index (χ3n) is 4.67. The number of benzene rings is 1. The topological polar surface area (TPSA) is 91.8 Å². The Morgan fingerprint density at radius 1 is 1.14 bits per heavy atom. The molecule has 1 N–H and O–H groups in total. The highest BCUT2D eigenvalue weighted by atomic mass is 32.1. The van der Waals surface area contributed by atoms with Crippen molar-refractivity contribution in [2.75, 3.05) is 31.5 Å². The monoisotopic (exact) mass is 416 g/mol. The minimum atomic E-state index is -0.909. The van der Waals surface area contributed by atoms with Crippen molar-refractivity contribution in [3.63, 3.8) is 0 Å². The highest BCUT2D eigenvalue weighted by Crippen LogP contribution is 2.18. The summed E-state index contributed by atoms with van der Waals surface area (Å²) in [6.07, 6.45) is -0.909. The number of hydrogen-bond acceptors (Lipinski definition) is 7. The van der Waals surface area contributed by atoms with Gasteiger partial charge in [-0.2, -0.15) is 0 Å². The van der Waals surface area contributed by atoms with Gasteiger partial charge in [0.1, 0.15) is 0 Å². The van der Waals surface area contributed by atoms with Crippen molar-refractivity contribution < 1.29 is 19.1 Å². The molecule has 8 nitrogen and oxygen atoms in total. The first kappa shape index (κ1) is 20.8. The van der Waals surface area contributed by atoms with Crippen LogP contribution in [0.1, 0.15) is 29.9 Å². The van der Waals surface area contributed by atoms with Gasteiger partial charge in [-0.3, -0.25) is 9.59 Å². The highest BCUT2D eigenvalue weighted by Gasteiger charge is 2.28. The number of piperazine rings is 1. The summed E-state index contributed by atoms with van der Waals surface area (Å²) in [5.41, 5.74) is 1.28. The smallest absolute Gasteiger partial charge is 0.358 e. The van der Waals surface area contributed by atoms with Crippen LogP contribution in [0.15, 0.2) is 35.7 Å². The quantitative estimate of drug-likeness (QED) is 0.724. The Kier molecular flexibility index (Phi) is 6.82. The Morgan fingerprint density at radius 2 is 1.79 bits per heavy atom. The maximum Gasteiger partial charge on any atom is 0.358 e. The van der Waals surface area contributed by atoms with E-state index in [1.807, 2.05) is 30.3 Å². The second-order valence-electron chi connectivity index (χ2n) is 6.76. The van der Waals surface area contributed by atoms with Crippen molar-refractivity contribution in [1.82, 2.24) is 14.8 Å². The van der Waals surface area contributed by atoms with Gasteiger partial charge in [-0.1, -0.05) is 30.3 Å². The Labute approximate surface area is 173 Å². The third kappa shape index (κ3) is 5.54. The van der Waals surface area contributed by atoms with Crippen LogP contribution in [-0.2, 0) is 20.9 Å². The molecule has 2 heterocycles. The predicted octanol–water partition coefficient (Wildman–Crippen LogP) is 1.99. The van der Waals surface area contributed by atoms with E-state index in [1.165, 1.54) is 18.3 Å². The molecule has 0 spiro atoms. The molecule has 1 atom stereocenters. The first-order chi connectivity index (χ1) is 13.9.